The van der Waals surface area contributed by atoms with Crippen LogP contribution in [0.3, 0.4) is 0 Å². The lowest BCUT2D eigenvalue weighted by molar-refractivity contribution is -0.884. The summed E-state index contributed by atoms with van der Waals surface area (Å²) in [5.74, 6) is -0.106. The van der Waals surface area contributed by atoms with Gasteiger partial charge in [-0.3, -0.25) is 0 Å². The van der Waals surface area contributed by atoms with E-state index in [-0.39, 0.29) is 5.82 Å². The third kappa shape index (κ3) is 2.62. The number of hydrogen-bond acceptors (Lipinski definition) is 0. The average molecular weight is 168 g/mol. The van der Waals surface area contributed by atoms with E-state index in [9.17, 15) is 4.39 Å². The molecule has 1 aromatic carbocycles. The van der Waals surface area contributed by atoms with Gasteiger partial charge < -0.3 is 4.48 Å². The van der Waals surface area contributed by atoms with Crippen LogP contribution >= 0.6 is 0 Å². The summed E-state index contributed by atoms with van der Waals surface area (Å²) in [6, 6.07) is 6.92. The molecule has 0 heterocycles. The highest BCUT2D eigenvalue weighted by atomic mass is 19.1. The predicted octanol–water partition coefficient (Wildman–Crippen LogP) is 2.03. The summed E-state index contributed by atoms with van der Waals surface area (Å²) < 4.78 is 13.9. The average Bonchev–Trinajstić information content (AvgIpc) is 1.91. The molecular formula is C10H15FN+. The minimum absolute atomic E-state index is 0.106. The molecule has 0 radical (unpaired) electrons. The Balaban J connectivity index is 2.83. The molecule has 0 saturated carbocycles. The summed E-state index contributed by atoms with van der Waals surface area (Å²) in [4.78, 5) is 0. The molecular weight excluding hydrogens is 153 g/mol. The predicted molar refractivity (Wildman–Crippen MR) is 48.1 cm³/mol. The number of benzene rings is 1. The maximum atomic E-state index is 13.1. The van der Waals surface area contributed by atoms with Crippen molar-refractivity contribution in [2.75, 3.05) is 21.1 Å². The summed E-state index contributed by atoms with van der Waals surface area (Å²) in [5.41, 5.74) is 0.782. The Labute approximate surface area is 73.0 Å². The molecule has 2 heteroatoms. The zero-order valence-electron chi connectivity index (χ0n) is 7.84. The minimum Gasteiger partial charge on any atom is -0.327 e. The topological polar surface area (TPSA) is 0 Å². The van der Waals surface area contributed by atoms with E-state index in [1.807, 2.05) is 33.3 Å². The van der Waals surface area contributed by atoms with E-state index in [0.29, 0.717) is 0 Å². The van der Waals surface area contributed by atoms with Gasteiger partial charge in [0, 0.05) is 5.56 Å². The first-order valence-corrected chi connectivity index (χ1v) is 4.03. The van der Waals surface area contributed by atoms with Gasteiger partial charge in [-0.25, -0.2) is 4.39 Å². The van der Waals surface area contributed by atoms with Gasteiger partial charge in [0.25, 0.3) is 0 Å². The van der Waals surface area contributed by atoms with E-state index in [2.05, 4.69) is 0 Å². The highest BCUT2D eigenvalue weighted by Gasteiger charge is 2.11. The first-order valence-electron chi connectivity index (χ1n) is 4.03. The summed E-state index contributed by atoms with van der Waals surface area (Å²) in [6.45, 7) is 0.729. The van der Waals surface area contributed by atoms with E-state index in [4.69, 9.17) is 0 Å². The second-order valence-electron chi connectivity index (χ2n) is 4.04. The Hall–Kier alpha value is -0.890. The molecule has 0 aliphatic heterocycles. The number of hydrogen-bond donors (Lipinski definition) is 0. The molecule has 66 valence electrons. The number of halogens is 1. The van der Waals surface area contributed by atoms with Crippen molar-refractivity contribution in [1.82, 2.24) is 0 Å². The van der Waals surface area contributed by atoms with Gasteiger partial charge in [0.05, 0.1) is 21.1 Å². The largest absolute Gasteiger partial charge is 0.327 e. The minimum atomic E-state index is -0.106. The zero-order valence-corrected chi connectivity index (χ0v) is 7.84. The quantitative estimate of drug-likeness (QED) is 0.593. The molecule has 0 unspecified atom stereocenters. The van der Waals surface area contributed by atoms with E-state index < -0.39 is 0 Å². The third-order valence-electron chi connectivity index (χ3n) is 1.60. The van der Waals surface area contributed by atoms with Crippen molar-refractivity contribution >= 4 is 0 Å². The lowest BCUT2D eigenvalue weighted by atomic mass is 10.2. The number of nitrogens with zero attached hydrogens (tertiary/aromatic N) is 1. The SMILES string of the molecule is C[N+](C)(C)Cc1ccccc1F. The first kappa shape index (κ1) is 9.20. The highest BCUT2D eigenvalue weighted by molar-refractivity contribution is 5.16. The Morgan fingerprint density at radius 1 is 1.17 bits per heavy atom. The van der Waals surface area contributed by atoms with Gasteiger partial charge in [-0.15, -0.1) is 0 Å². The van der Waals surface area contributed by atoms with Crippen LogP contribution in [0.15, 0.2) is 24.3 Å². The van der Waals surface area contributed by atoms with Crippen molar-refractivity contribution < 1.29 is 8.87 Å². The van der Waals surface area contributed by atoms with Crippen LogP contribution in [0.4, 0.5) is 4.39 Å². The molecule has 1 aromatic rings. The second kappa shape index (κ2) is 3.23. The first-order chi connectivity index (χ1) is 5.49. The molecule has 0 spiro atoms. The van der Waals surface area contributed by atoms with Crippen molar-refractivity contribution in [2.45, 2.75) is 6.54 Å². The third-order valence-corrected chi connectivity index (χ3v) is 1.60. The molecule has 0 amide bonds. The van der Waals surface area contributed by atoms with Crippen LogP contribution < -0.4 is 0 Å². The molecule has 1 nitrogen and oxygen atoms in total. The van der Waals surface area contributed by atoms with Crippen LogP contribution in [0.5, 0.6) is 0 Å². The summed E-state index contributed by atoms with van der Waals surface area (Å²) in [6.07, 6.45) is 0. The fraction of sp³-hybridized carbons (Fsp3) is 0.400. The lowest BCUT2D eigenvalue weighted by Gasteiger charge is -2.23. The standard InChI is InChI=1S/C10H15FN/c1-12(2,3)8-9-6-4-5-7-10(9)11/h4-7H,8H2,1-3H3/q+1. The molecule has 0 aliphatic carbocycles. The van der Waals surface area contributed by atoms with Crippen molar-refractivity contribution in [3.8, 4) is 0 Å². The maximum Gasteiger partial charge on any atom is 0.132 e. The number of rotatable bonds is 2. The van der Waals surface area contributed by atoms with Gasteiger partial charge in [-0.05, 0) is 6.07 Å². The van der Waals surface area contributed by atoms with Crippen molar-refractivity contribution in [1.29, 1.82) is 0 Å². The fourth-order valence-electron chi connectivity index (χ4n) is 1.14. The molecule has 0 saturated heterocycles. The van der Waals surface area contributed by atoms with Crippen LogP contribution in [0.2, 0.25) is 0 Å². The molecule has 0 aliphatic rings. The van der Waals surface area contributed by atoms with Gasteiger partial charge in [-0.1, -0.05) is 18.2 Å². The molecule has 0 atom stereocenters. The fourth-order valence-corrected chi connectivity index (χ4v) is 1.14. The van der Waals surface area contributed by atoms with Crippen LogP contribution in [0, 0.1) is 5.82 Å². The number of quaternary nitrogens is 1. The molecule has 12 heavy (non-hydrogen) atoms. The second-order valence-corrected chi connectivity index (χ2v) is 4.04. The summed E-state index contributed by atoms with van der Waals surface area (Å²) in [5, 5.41) is 0. The monoisotopic (exact) mass is 168 g/mol. The summed E-state index contributed by atoms with van der Waals surface area (Å²) >= 11 is 0. The molecule has 0 N–H and O–H groups in total. The zero-order chi connectivity index (χ0) is 9.19. The van der Waals surface area contributed by atoms with Crippen molar-refractivity contribution in [3.63, 3.8) is 0 Å². The Morgan fingerprint density at radius 3 is 2.25 bits per heavy atom. The summed E-state index contributed by atoms with van der Waals surface area (Å²) in [7, 11) is 6.14. The van der Waals surface area contributed by atoms with Crippen LogP contribution in [0.1, 0.15) is 5.56 Å². The molecule has 0 aromatic heterocycles. The van der Waals surface area contributed by atoms with E-state index in [0.717, 1.165) is 16.6 Å². The van der Waals surface area contributed by atoms with Gasteiger partial charge >= 0.3 is 0 Å². The highest BCUT2D eigenvalue weighted by Crippen LogP contribution is 2.10. The Morgan fingerprint density at radius 2 is 1.75 bits per heavy atom. The Bertz CT molecular complexity index is 263. The molecule has 0 fully saturated rings. The lowest BCUT2D eigenvalue weighted by Crippen LogP contribution is -2.33. The Kier molecular flexibility index (Phi) is 2.48. The van der Waals surface area contributed by atoms with E-state index in [1.165, 1.54) is 6.07 Å². The van der Waals surface area contributed by atoms with Gasteiger partial charge in [0.2, 0.25) is 0 Å². The molecule has 0 bridgehead atoms. The van der Waals surface area contributed by atoms with Crippen LogP contribution in [0.25, 0.3) is 0 Å². The van der Waals surface area contributed by atoms with Crippen molar-refractivity contribution in [3.05, 3.63) is 35.6 Å². The van der Waals surface area contributed by atoms with E-state index >= 15 is 0 Å². The molecule has 1 rings (SSSR count). The van der Waals surface area contributed by atoms with Gasteiger partial charge in [-0.2, -0.15) is 0 Å². The normalized spacial score (nSPS) is 11.7. The van der Waals surface area contributed by atoms with Crippen LogP contribution in [-0.4, -0.2) is 25.6 Å². The van der Waals surface area contributed by atoms with Gasteiger partial charge in [0.1, 0.15) is 12.4 Å². The van der Waals surface area contributed by atoms with Crippen molar-refractivity contribution in [2.24, 2.45) is 0 Å². The smallest absolute Gasteiger partial charge is 0.132 e. The van der Waals surface area contributed by atoms with Crippen LogP contribution in [-0.2, 0) is 6.54 Å². The van der Waals surface area contributed by atoms with E-state index in [1.54, 1.807) is 6.07 Å². The maximum absolute atomic E-state index is 13.1. The van der Waals surface area contributed by atoms with Gasteiger partial charge in [0.15, 0.2) is 0 Å².